The fourth-order valence-corrected chi connectivity index (χ4v) is 2.12. The first kappa shape index (κ1) is 15.3. The van der Waals surface area contributed by atoms with Gasteiger partial charge >= 0.3 is 11.9 Å². The van der Waals surface area contributed by atoms with Crippen molar-refractivity contribution in [3.63, 3.8) is 0 Å². The number of hydrogen-bond acceptors (Lipinski definition) is 5. The summed E-state index contributed by atoms with van der Waals surface area (Å²) in [5, 5.41) is 0. The molecule has 0 amide bonds. The molecule has 4 nitrogen and oxygen atoms in total. The fraction of sp³-hybridized carbons (Fsp3) is 0.818. The predicted octanol–water partition coefficient (Wildman–Crippen LogP) is 1.87. The Morgan fingerprint density at radius 2 is 1.75 bits per heavy atom. The maximum Gasteiger partial charge on any atom is 0.315 e. The van der Waals surface area contributed by atoms with Crippen molar-refractivity contribution in [2.75, 3.05) is 24.7 Å². The molecule has 0 aromatic rings. The number of ether oxygens (including phenoxy) is 2. The molecule has 5 heteroatoms. The third-order valence-electron chi connectivity index (χ3n) is 1.96. The molecule has 0 N–H and O–H groups in total. The van der Waals surface area contributed by atoms with Crippen LogP contribution in [0.15, 0.2) is 0 Å². The number of esters is 2. The van der Waals surface area contributed by atoms with Crippen LogP contribution in [0.5, 0.6) is 0 Å². The summed E-state index contributed by atoms with van der Waals surface area (Å²) in [6.07, 6.45) is 0.731. The summed E-state index contributed by atoms with van der Waals surface area (Å²) >= 11 is 1.41. The summed E-state index contributed by atoms with van der Waals surface area (Å²) in [5.74, 6) is 0.365. The second kappa shape index (κ2) is 9.51. The van der Waals surface area contributed by atoms with E-state index in [0.29, 0.717) is 24.7 Å². The van der Waals surface area contributed by atoms with E-state index in [1.807, 2.05) is 6.92 Å². The van der Waals surface area contributed by atoms with Crippen LogP contribution < -0.4 is 0 Å². The molecule has 0 saturated heterocycles. The molecule has 16 heavy (non-hydrogen) atoms. The van der Waals surface area contributed by atoms with Gasteiger partial charge in [-0.15, -0.1) is 11.8 Å². The van der Waals surface area contributed by atoms with Crippen molar-refractivity contribution in [3.8, 4) is 0 Å². The zero-order chi connectivity index (χ0) is 12.4. The molecule has 0 aliphatic heterocycles. The van der Waals surface area contributed by atoms with Crippen molar-refractivity contribution in [1.82, 2.24) is 0 Å². The molecule has 0 radical (unpaired) electrons. The highest BCUT2D eigenvalue weighted by Gasteiger charge is 2.18. The normalized spacial score (nSPS) is 11.9. The molecule has 0 aromatic heterocycles. The minimum Gasteiger partial charge on any atom is -0.466 e. The molecule has 0 spiro atoms. The average Bonchev–Trinajstić information content (AvgIpc) is 2.25. The first-order chi connectivity index (χ1) is 7.65. The molecular formula is C11H20O4S. The van der Waals surface area contributed by atoms with Gasteiger partial charge in [0.25, 0.3) is 0 Å². The maximum atomic E-state index is 11.4. The Balaban J connectivity index is 3.78. The van der Waals surface area contributed by atoms with Gasteiger partial charge in [0.1, 0.15) is 0 Å². The zero-order valence-electron chi connectivity index (χ0n) is 10.2. The Morgan fingerprint density at radius 3 is 2.25 bits per heavy atom. The predicted molar refractivity (Wildman–Crippen MR) is 64.4 cm³/mol. The van der Waals surface area contributed by atoms with Gasteiger partial charge in [-0.05, 0) is 20.3 Å². The van der Waals surface area contributed by atoms with Crippen LogP contribution in [0.25, 0.3) is 0 Å². The highest BCUT2D eigenvalue weighted by atomic mass is 32.2. The van der Waals surface area contributed by atoms with Gasteiger partial charge in [0.15, 0.2) is 0 Å². The molecule has 0 saturated carbocycles. The fourth-order valence-electron chi connectivity index (χ4n) is 1.10. The van der Waals surface area contributed by atoms with Crippen molar-refractivity contribution in [3.05, 3.63) is 0 Å². The lowest BCUT2D eigenvalue weighted by Gasteiger charge is -2.12. The Kier molecular flexibility index (Phi) is 9.09. The van der Waals surface area contributed by atoms with Gasteiger partial charge in [0.2, 0.25) is 0 Å². The van der Waals surface area contributed by atoms with E-state index in [1.165, 1.54) is 11.8 Å². The lowest BCUT2D eigenvalue weighted by molar-refractivity contribution is -0.147. The van der Waals surface area contributed by atoms with Gasteiger partial charge in [-0.3, -0.25) is 9.59 Å². The Morgan fingerprint density at radius 1 is 1.12 bits per heavy atom. The molecule has 0 aliphatic rings. The smallest absolute Gasteiger partial charge is 0.315 e. The third-order valence-corrected chi connectivity index (χ3v) is 3.03. The van der Waals surface area contributed by atoms with Crippen LogP contribution in [-0.4, -0.2) is 36.7 Å². The Hall–Kier alpha value is -0.710. The van der Waals surface area contributed by atoms with Gasteiger partial charge in [0.05, 0.1) is 24.9 Å². The van der Waals surface area contributed by atoms with Crippen LogP contribution in [-0.2, 0) is 19.1 Å². The lowest BCUT2D eigenvalue weighted by Crippen LogP contribution is -2.20. The van der Waals surface area contributed by atoms with Gasteiger partial charge < -0.3 is 9.47 Å². The van der Waals surface area contributed by atoms with Gasteiger partial charge in [-0.2, -0.15) is 0 Å². The van der Waals surface area contributed by atoms with Crippen molar-refractivity contribution in [2.45, 2.75) is 27.2 Å². The van der Waals surface area contributed by atoms with Gasteiger partial charge in [-0.1, -0.05) is 6.92 Å². The number of carbonyl (C=O) groups is 2. The quantitative estimate of drug-likeness (QED) is 0.614. The minimum atomic E-state index is -0.230. The van der Waals surface area contributed by atoms with Gasteiger partial charge in [-0.25, -0.2) is 0 Å². The van der Waals surface area contributed by atoms with Crippen molar-refractivity contribution in [2.24, 2.45) is 5.92 Å². The number of carbonyl (C=O) groups excluding carboxylic acids is 2. The van der Waals surface area contributed by atoms with E-state index in [-0.39, 0.29) is 17.9 Å². The molecule has 1 atom stereocenters. The minimum absolute atomic E-state index is 0.126. The standard InChI is InChI=1S/C11H20O4S/c1-4-9(11(13)15-6-3)7-16-8-10(12)14-5-2/h9H,4-8H2,1-3H3. The third kappa shape index (κ3) is 6.71. The Bertz CT molecular complexity index is 218. The van der Waals surface area contributed by atoms with Crippen LogP contribution in [0.4, 0.5) is 0 Å². The van der Waals surface area contributed by atoms with Gasteiger partial charge in [0, 0.05) is 5.75 Å². The molecule has 0 aliphatic carbocycles. The van der Waals surface area contributed by atoms with Crippen molar-refractivity contribution >= 4 is 23.7 Å². The van der Waals surface area contributed by atoms with E-state index >= 15 is 0 Å². The average molecular weight is 248 g/mol. The van der Waals surface area contributed by atoms with E-state index in [4.69, 9.17) is 9.47 Å². The van der Waals surface area contributed by atoms with Crippen LogP contribution in [0.1, 0.15) is 27.2 Å². The molecule has 0 heterocycles. The van der Waals surface area contributed by atoms with E-state index in [1.54, 1.807) is 13.8 Å². The summed E-state index contributed by atoms with van der Waals surface area (Å²) in [4.78, 5) is 22.5. The van der Waals surface area contributed by atoms with E-state index in [2.05, 4.69) is 0 Å². The maximum absolute atomic E-state index is 11.4. The molecule has 0 fully saturated rings. The molecule has 0 aromatic carbocycles. The Labute approximate surface area is 101 Å². The van der Waals surface area contributed by atoms with Crippen molar-refractivity contribution in [1.29, 1.82) is 0 Å². The monoisotopic (exact) mass is 248 g/mol. The highest BCUT2D eigenvalue weighted by molar-refractivity contribution is 7.99. The highest BCUT2D eigenvalue weighted by Crippen LogP contribution is 2.14. The van der Waals surface area contributed by atoms with Crippen molar-refractivity contribution < 1.29 is 19.1 Å². The van der Waals surface area contributed by atoms with Crippen LogP contribution >= 0.6 is 11.8 Å². The molecular weight excluding hydrogens is 228 g/mol. The number of hydrogen-bond donors (Lipinski definition) is 0. The summed E-state index contributed by atoms with van der Waals surface area (Å²) in [6, 6.07) is 0. The molecule has 0 rings (SSSR count). The summed E-state index contributed by atoms with van der Waals surface area (Å²) < 4.78 is 9.72. The van der Waals surface area contributed by atoms with Crippen LogP contribution in [0.3, 0.4) is 0 Å². The number of thioether (sulfide) groups is 1. The first-order valence-corrected chi connectivity index (χ1v) is 6.71. The van der Waals surface area contributed by atoms with Crippen LogP contribution in [0.2, 0.25) is 0 Å². The largest absolute Gasteiger partial charge is 0.466 e. The molecule has 1 unspecified atom stereocenters. The SMILES string of the molecule is CCOC(=O)CSCC(CC)C(=O)OCC. The van der Waals surface area contributed by atoms with Crippen LogP contribution in [0, 0.1) is 5.92 Å². The van der Waals surface area contributed by atoms with E-state index in [9.17, 15) is 9.59 Å². The topological polar surface area (TPSA) is 52.6 Å². The van der Waals surface area contributed by atoms with E-state index in [0.717, 1.165) is 6.42 Å². The summed E-state index contributed by atoms with van der Waals surface area (Å²) in [5.41, 5.74) is 0. The second-order valence-corrected chi connectivity index (χ2v) is 4.21. The summed E-state index contributed by atoms with van der Waals surface area (Å²) in [6.45, 7) is 6.30. The molecule has 94 valence electrons. The zero-order valence-corrected chi connectivity index (χ0v) is 11.0. The lowest BCUT2D eigenvalue weighted by atomic mass is 10.1. The summed E-state index contributed by atoms with van der Waals surface area (Å²) in [7, 11) is 0. The molecule has 0 bridgehead atoms. The second-order valence-electron chi connectivity index (χ2n) is 3.18. The van der Waals surface area contributed by atoms with E-state index < -0.39 is 0 Å². The first-order valence-electron chi connectivity index (χ1n) is 5.55. The number of rotatable bonds is 8.